The van der Waals surface area contributed by atoms with E-state index in [0.29, 0.717) is 37.9 Å². The Labute approximate surface area is 159 Å². The number of carbonyl (C=O) groups is 1. The van der Waals surface area contributed by atoms with Crippen molar-refractivity contribution in [1.29, 1.82) is 0 Å². The summed E-state index contributed by atoms with van der Waals surface area (Å²) in [5.41, 5.74) is 2.33. The van der Waals surface area contributed by atoms with Gasteiger partial charge in [0.1, 0.15) is 6.54 Å². The van der Waals surface area contributed by atoms with Crippen molar-refractivity contribution in [3.63, 3.8) is 0 Å². The van der Waals surface area contributed by atoms with Gasteiger partial charge in [-0.05, 0) is 39.0 Å². The Morgan fingerprint density at radius 3 is 2.58 bits per heavy atom. The van der Waals surface area contributed by atoms with Crippen LogP contribution in [0.25, 0.3) is 22.2 Å². The third-order valence-corrected chi connectivity index (χ3v) is 4.70. The Morgan fingerprint density at radius 2 is 1.96 bits per heavy atom. The SMILES string of the molecule is Cc1c(-c2ccc(=O)n(C(C)C)n2)c2cc(Cl)cc(Cl)c2n1CC(=O)O. The molecule has 2 aromatic heterocycles. The molecule has 0 saturated carbocycles. The average molecular weight is 394 g/mol. The smallest absolute Gasteiger partial charge is 0.323 e. The summed E-state index contributed by atoms with van der Waals surface area (Å²) < 4.78 is 3.01. The third kappa shape index (κ3) is 3.10. The largest absolute Gasteiger partial charge is 0.480 e. The van der Waals surface area contributed by atoms with Crippen LogP contribution in [0, 0.1) is 6.92 Å². The molecule has 3 rings (SSSR count). The molecule has 1 aromatic carbocycles. The second-order valence-corrected chi connectivity index (χ2v) is 7.16. The van der Waals surface area contributed by atoms with Crippen LogP contribution >= 0.6 is 23.2 Å². The maximum Gasteiger partial charge on any atom is 0.323 e. The maximum atomic E-state index is 12.0. The van der Waals surface area contributed by atoms with Crippen molar-refractivity contribution in [2.45, 2.75) is 33.4 Å². The summed E-state index contributed by atoms with van der Waals surface area (Å²) in [5.74, 6) is -0.984. The predicted octanol–water partition coefficient (Wildman–Crippen LogP) is 4.15. The average Bonchev–Trinajstić information content (AvgIpc) is 2.79. The summed E-state index contributed by atoms with van der Waals surface area (Å²) in [7, 11) is 0. The van der Waals surface area contributed by atoms with E-state index < -0.39 is 5.97 Å². The fraction of sp³-hybridized carbons (Fsp3) is 0.278. The summed E-state index contributed by atoms with van der Waals surface area (Å²) in [6.45, 7) is 5.29. The zero-order chi connectivity index (χ0) is 19.2. The minimum absolute atomic E-state index is 0.109. The summed E-state index contributed by atoms with van der Waals surface area (Å²) >= 11 is 12.5. The number of aromatic nitrogens is 3. The molecule has 0 aliphatic heterocycles. The van der Waals surface area contributed by atoms with E-state index in [-0.39, 0.29) is 18.1 Å². The van der Waals surface area contributed by atoms with Gasteiger partial charge in [0.2, 0.25) is 0 Å². The van der Waals surface area contributed by atoms with Crippen molar-refractivity contribution >= 4 is 40.1 Å². The van der Waals surface area contributed by atoms with E-state index in [1.54, 1.807) is 29.7 Å². The number of rotatable bonds is 4. The number of hydrogen-bond acceptors (Lipinski definition) is 3. The highest BCUT2D eigenvalue weighted by Crippen LogP contribution is 2.38. The first-order chi connectivity index (χ1) is 12.2. The minimum atomic E-state index is -0.984. The van der Waals surface area contributed by atoms with Crippen LogP contribution in [-0.2, 0) is 11.3 Å². The van der Waals surface area contributed by atoms with Crippen molar-refractivity contribution in [1.82, 2.24) is 14.3 Å². The van der Waals surface area contributed by atoms with Crippen molar-refractivity contribution in [2.75, 3.05) is 0 Å². The Balaban J connectivity index is 2.40. The molecule has 2 heterocycles. The molecule has 0 radical (unpaired) electrons. The van der Waals surface area contributed by atoms with Crippen molar-refractivity contribution in [2.24, 2.45) is 0 Å². The fourth-order valence-electron chi connectivity index (χ4n) is 3.11. The van der Waals surface area contributed by atoms with Gasteiger partial charge in [-0.3, -0.25) is 9.59 Å². The van der Waals surface area contributed by atoms with Gasteiger partial charge < -0.3 is 9.67 Å². The van der Waals surface area contributed by atoms with E-state index in [4.69, 9.17) is 23.2 Å². The highest BCUT2D eigenvalue weighted by molar-refractivity contribution is 6.39. The van der Waals surface area contributed by atoms with Crippen molar-refractivity contribution < 1.29 is 9.90 Å². The van der Waals surface area contributed by atoms with Gasteiger partial charge in [-0.15, -0.1) is 0 Å². The summed E-state index contributed by atoms with van der Waals surface area (Å²) in [4.78, 5) is 23.4. The van der Waals surface area contributed by atoms with Crippen molar-refractivity contribution in [3.05, 3.63) is 50.4 Å². The molecule has 0 spiro atoms. The molecule has 0 amide bonds. The molecule has 0 fully saturated rings. The van der Waals surface area contributed by atoms with Crippen LogP contribution in [0.4, 0.5) is 0 Å². The number of nitrogens with zero attached hydrogens (tertiary/aromatic N) is 3. The number of halogens is 2. The number of fused-ring (bicyclic) bond motifs is 1. The van der Waals surface area contributed by atoms with Gasteiger partial charge in [-0.25, -0.2) is 4.68 Å². The van der Waals surface area contributed by atoms with Gasteiger partial charge in [-0.2, -0.15) is 5.10 Å². The Morgan fingerprint density at radius 1 is 1.27 bits per heavy atom. The molecule has 26 heavy (non-hydrogen) atoms. The van der Waals surface area contributed by atoms with Crippen LogP contribution in [0.5, 0.6) is 0 Å². The minimum Gasteiger partial charge on any atom is -0.480 e. The number of carboxylic acids is 1. The van der Waals surface area contributed by atoms with Crippen LogP contribution in [0.1, 0.15) is 25.6 Å². The van der Waals surface area contributed by atoms with Crippen LogP contribution in [0.2, 0.25) is 10.0 Å². The first kappa shape index (κ1) is 18.5. The van der Waals surface area contributed by atoms with E-state index in [1.807, 2.05) is 13.8 Å². The van der Waals surface area contributed by atoms with Crippen LogP contribution in [-0.4, -0.2) is 25.4 Å². The lowest BCUT2D eigenvalue weighted by molar-refractivity contribution is -0.137. The number of benzene rings is 1. The van der Waals surface area contributed by atoms with Crippen LogP contribution in [0.3, 0.4) is 0 Å². The molecule has 3 aromatic rings. The van der Waals surface area contributed by atoms with E-state index in [2.05, 4.69) is 5.10 Å². The molecule has 0 aliphatic rings. The zero-order valence-corrected chi connectivity index (χ0v) is 16.0. The molecule has 0 saturated heterocycles. The molecular formula is C18H17Cl2N3O3. The fourth-order valence-corrected chi connectivity index (χ4v) is 3.71. The van der Waals surface area contributed by atoms with Gasteiger partial charge in [-0.1, -0.05) is 23.2 Å². The monoisotopic (exact) mass is 393 g/mol. The molecule has 0 bridgehead atoms. The topological polar surface area (TPSA) is 77.1 Å². The number of aliphatic carboxylic acids is 1. The van der Waals surface area contributed by atoms with E-state index in [1.165, 1.54) is 10.7 Å². The number of hydrogen-bond donors (Lipinski definition) is 1. The lowest BCUT2D eigenvalue weighted by Gasteiger charge is -2.10. The second-order valence-electron chi connectivity index (χ2n) is 6.32. The summed E-state index contributed by atoms with van der Waals surface area (Å²) in [6.07, 6.45) is 0. The van der Waals surface area contributed by atoms with E-state index in [9.17, 15) is 14.7 Å². The lowest BCUT2D eigenvalue weighted by Crippen LogP contribution is -2.24. The first-order valence-electron chi connectivity index (χ1n) is 8.00. The van der Waals surface area contributed by atoms with Gasteiger partial charge >= 0.3 is 5.97 Å². The second kappa shape index (κ2) is 6.78. The summed E-state index contributed by atoms with van der Waals surface area (Å²) in [6, 6.07) is 6.28. The molecule has 136 valence electrons. The van der Waals surface area contributed by atoms with Crippen molar-refractivity contribution in [3.8, 4) is 11.3 Å². The molecule has 0 atom stereocenters. The normalized spacial score (nSPS) is 11.5. The Kier molecular flexibility index (Phi) is 4.82. The maximum absolute atomic E-state index is 12.0. The molecule has 8 heteroatoms. The standard InChI is InChI=1S/C18H17Cl2N3O3/c1-9(2)23-15(24)5-4-14(21-23)17-10(3)22(8-16(25)26)18-12(17)6-11(19)7-13(18)20/h4-7,9H,8H2,1-3H3,(H,25,26). The molecule has 0 aliphatic carbocycles. The van der Waals surface area contributed by atoms with Gasteiger partial charge in [0.05, 0.1) is 22.3 Å². The zero-order valence-electron chi connectivity index (χ0n) is 14.5. The quantitative estimate of drug-likeness (QED) is 0.722. The van der Waals surface area contributed by atoms with E-state index in [0.717, 1.165) is 0 Å². The van der Waals surface area contributed by atoms with Gasteiger partial charge in [0.25, 0.3) is 5.56 Å². The van der Waals surface area contributed by atoms with Gasteiger partial charge in [0, 0.05) is 27.7 Å². The third-order valence-electron chi connectivity index (χ3n) is 4.20. The Bertz CT molecular complexity index is 1080. The van der Waals surface area contributed by atoms with Crippen LogP contribution < -0.4 is 5.56 Å². The highest BCUT2D eigenvalue weighted by Gasteiger charge is 2.21. The van der Waals surface area contributed by atoms with Gasteiger partial charge in [0.15, 0.2) is 0 Å². The lowest BCUT2D eigenvalue weighted by atomic mass is 10.1. The molecule has 0 unspecified atom stereocenters. The molecule has 6 nitrogen and oxygen atoms in total. The number of carboxylic acid groups (broad SMARTS) is 1. The predicted molar refractivity (Wildman–Crippen MR) is 102 cm³/mol. The molecule has 1 N–H and O–H groups in total. The molecular weight excluding hydrogens is 377 g/mol. The first-order valence-corrected chi connectivity index (χ1v) is 8.76. The summed E-state index contributed by atoms with van der Waals surface area (Å²) in [5, 5.41) is 15.2. The van der Waals surface area contributed by atoms with Crippen LogP contribution in [0.15, 0.2) is 29.1 Å². The highest BCUT2D eigenvalue weighted by atomic mass is 35.5. The Hall–Kier alpha value is -2.31. The van der Waals surface area contributed by atoms with E-state index >= 15 is 0 Å².